The summed E-state index contributed by atoms with van der Waals surface area (Å²) in [6.45, 7) is 9.21. The minimum absolute atomic E-state index is 0.00470. The first-order chi connectivity index (χ1) is 13.9. The minimum Gasteiger partial charge on any atom is -0.379 e. The lowest BCUT2D eigenvalue weighted by Gasteiger charge is -2.41. The van der Waals surface area contributed by atoms with Gasteiger partial charge in [-0.2, -0.15) is 0 Å². The average molecular weight is 404 g/mol. The molecule has 1 aromatic rings. The maximum Gasteiger partial charge on any atom is 0.269 e. The largest absolute Gasteiger partial charge is 0.379 e. The number of hydrogen-bond acceptors (Lipinski definition) is 5. The lowest BCUT2D eigenvalue weighted by atomic mass is 10.0. The molecule has 1 heterocycles. The Morgan fingerprint density at radius 2 is 1.90 bits per heavy atom. The quantitative estimate of drug-likeness (QED) is 0.315. The number of aliphatic imine (C=N–C) groups is 1. The summed E-state index contributed by atoms with van der Waals surface area (Å²) >= 11 is 0. The van der Waals surface area contributed by atoms with Crippen LogP contribution < -0.4 is 10.6 Å². The highest BCUT2D eigenvalue weighted by molar-refractivity contribution is 5.80. The Bertz CT molecular complexity index is 693. The van der Waals surface area contributed by atoms with E-state index < -0.39 is 0 Å². The van der Waals surface area contributed by atoms with Gasteiger partial charge in [0, 0.05) is 43.3 Å². The number of nitro benzene ring substituents is 1. The van der Waals surface area contributed by atoms with E-state index in [1.807, 2.05) is 0 Å². The number of hydrogen-bond donors (Lipinski definition) is 2. The number of guanidine groups is 1. The Balaban J connectivity index is 1.63. The fourth-order valence-electron chi connectivity index (χ4n) is 3.89. The van der Waals surface area contributed by atoms with Gasteiger partial charge in [-0.25, -0.2) is 4.99 Å². The third-order valence-electron chi connectivity index (χ3n) is 5.82. The van der Waals surface area contributed by atoms with Crippen LogP contribution in [0.3, 0.4) is 0 Å². The number of rotatable bonds is 7. The summed E-state index contributed by atoms with van der Waals surface area (Å²) in [5, 5.41) is 17.9. The molecular weight excluding hydrogens is 370 g/mol. The molecule has 0 amide bonds. The van der Waals surface area contributed by atoms with E-state index in [9.17, 15) is 10.1 Å². The molecule has 3 rings (SSSR count). The lowest BCUT2D eigenvalue weighted by Crippen LogP contribution is -2.57. The van der Waals surface area contributed by atoms with Crippen molar-refractivity contribution in [3.63, 3.8) is 0 Å². The van der Waals surface area contributed by atoms with Gasteiger partial charge in [-0.1, -0.05) is 25.0 Å². The van der Waals surface area contributed by atoms with Gasteiger partial charge in [0.15, 0.2) is 5.96 Å². The van der Waals surface area contributed by atoms with Crippen LogP contribution in [0.2, 0.25) is 0 Å². The highest BCUT2D eigenvalue weighted by Crippen LogP contribution is 2.18. The van der Waals surface area contributed by atoms with Gasteiger partial charge >= 0.3 is 0 Å². The molecule has 1 aliphatic heterocycles. The van der Waals surface area contributed by atoms with Crippen LogP contribution in [-0.4, -0.2) is 60.2 Å². The van der Waals surface area contributed by atoms with E-state index in [1.54, 1.807) is 12.1 Å². The van der Waals surface area contributed by atoms with Crippen LogP contribution in [0.25, 0.3) is 0 Å². The number of nitrogens with one attached hydrogen (secondary N) is 2. The molecule has 0 atom stereocenters. The van der Waals surface area contributed by atoms with Gasteiger partial charge in [0.25, 0.3) is 5.69 Å². The van der Waals surface area contributed by atoms with E-state index in [-0.39, 0.29) is 16.1 Å². The van der Waals surface area contributed by atoms with Gasteiger partial charge in [-0.05, 0) is 32.3 Å². The van der Waals surface area contributed by atoms with Crippen LogP contribution in [-0.2, 0) is 11.3 Å². The van der Waals surface area contributed by atoms with E-state index >= 15 is 0 Å². The first-order valence-corrected chi connectivity index (χ1v) is 10.5. The Morgan fingerprint density at radius 1 is 1.24 bits per heavy atom. The second-order valence-corrected chi connectivity index (χ2v) is 8.48. The maximum absolute atomic E-state index is 10.8. The Morgan fingerprint density at radius 3 is 2.52 bits per heavy atom. The van der Waals surface area contributed by atoms with Crippen molar-refractivity contribution in [3.05, 3.63) is 39.9 Å². The van der Waals surface area contributed by atoms with Crippen LogP contribution in [0.1, 0.15) is 45.1 Å². The number of ether oxygens (including phenoxy) is 1. The molecule has 8 nitrogen and oxygen atoms in total. The molecule has 1 aromatic carbocycles. The molecule has 2 N–H and O–H groups in total. The normalized spacial score (nSPS) is 19.3. The zero-order chi connectivity index (χ0) is 20.7. The molecule has 0 unspecified atom stereocenters. The van der Waals surface area contributed by atoms with Gasteiger partial charge in [-0.3, -0.25) is 15.0 Å². The molecule has 8 heteroatoms. The third kappa shape index (κ3) is 6.40. The van der Waals surface area contributed by atoms with Gasteiger partial charge < -0.3 is 15.4 Å². The van der Waals surface area contributed by atoms with Gasteiger partial charge in [0.1, 0.15) is 0 Å². The highest BCUT2D eigenvalue weighted by atomic mass is 16.6. The van der Waals surface area contributed by atoms with Crippen molar-refractivity contribution in [2.75, 3.05) is 32.8 Å². The van der Waals surface area contributed by atoms with Crippen molar-refractivity contribution < 1.29 is 9.66 Å². The molecule has 1 aliphatic carbocycles. The smallest absolute Gasteiger partial charge is 0.269 e. The predicted octanol–water partition coefficient (Wildman–Crippen LogP) is 2.68. The fraction of sp³-hybridized carbons (Fsp3) is 0.667. The minimum atomic E-state index is -0.380. The monoisotopic (exact) mass is 403 g/mol. The first-order valence-electron chi connectivity index (χ1n) is 10.5. The maximum atomic E-state index is 10.8. The Hall–Kier alpha value is -2.19. The van der Waals surface area contributed by atoms with Crippen LogP contribution in [0.4, 0.5) is 5.69 Å². The third-order valence-corrected chi connectivity index (χ3v) is 5.82. The molecule has 2 fully saturated rings. The van der Waals surface area contributed by atoms with Crippen molar-refractivity contribution in [2.24, 2.45) is 4.99 Å². The second kappa shape index (κ2) is 10.0. The van der Waals surface area contributed by atoms with Crippen molar-refractivity contribution in [1.29, 1.82) is 0 Å². The van der Waals surface area contributed by atoms with Gasteiger partial charge in [0.05, 0.1) is 24.7 Å². The summed E-state index contributed by atoms with van der Waals surface area (Å²) in [7, 11) is 0. The van der Waals surface area contributed by atoms with Crippen molar-refractivity contribution >= 4 is 11.6 Å². The molecular formula is C21H33N5O3. The molecule has 1 saturated heterocycles. The van der Waals surface area contributed by atoms with E-state index in [4.69, 9.17) is 9.73 Å². The molecule has 160 valence electrons. The highest BCUT2D eigenvalue weighted by Gasteiger charge is 2.28. The molecule has 1 saturated carbocycles. The molecule has 0 bridgehead atoms. The zero-order valence-corrected chi connectivity index (χ0v) is 17.5. The summed E-state index contributed by atoms with van der Waals surface area (Å²) in [5.74, 6) is 0.816. The summed E-state index contributed by atoms with van der Waals surface area (Å²) < 4.78 is 5.48. The topological polar surface area (TPSA) is 92.0 Å². The summed E-state index contributed by atoms with van der Waals surface area (Å²) in [4.78, 5) is 17.7. The van der Waals surface area contributed by atoms with Crippen LogP contribution >= 0.6 is 0 Å². The average Bonchev–Trinajstić information content (AvgIpc) is 3.24. The van der Waals surface area contributed by atoms with Crippen LogP contribution in [0.5, 0.6) is 0 Å². The number of nitro groups is 1. The second-order valence-electron chi connectivity index (χ2n) is 8.48. The van der Waals surface area contributed by atoms with E-state index in [0.29, 0.717) is 12.6 Å². The first kappa shape index (κ1) is 21.5. The SMILES string of the molecule is CC(C)(CNC(=NCc1ccc([N+](=O)[O-])cc1)NC1CCCC1)N1CCOCC1. The van der Waals surface area contributed by atoms with Gasteiger partial charge in [-0.15, -0.1) is 0 Å². The van der Waals surface area contributed by atoms with E-state index in [2.05, 4.69) is 29.4 Å². The zero-order valence-electron chi connectivity index (χ0n) is 17.5. The molecule has 0 radical (unpaired) electrons. The summed E-state index contributed by atoms with van der Waals surface area (Å²) in [6.07, 6.45) is 4.86. The number of nitrogens with zero attached hydrogens (tertiary/aromatic N) is 3. The molecule has 0 aromatic heterocycles. The van der Waals surface area contributed by atoms with Crippen LogP contribution in [0.15, 0.2) is 29.3 Å². The van der Waals surface area contributed by atoms with Crippen LogP contribution in [0, 0.1) is 10.1 Å². The number of benzene rings is 1. The van der Waals surface area contributed by atoms with Crippen molar-refractivity contribution in [1.82, 2.24) is 15.5 Å². The molecule has 2 aliphatic rings. The lowest BCUT2D eigenvalue weighted by molar-refractivity contribution is -0.384. The van der Waals surface area contributed by atoms with E-state index in [0.717, 1.165) is 44.4 Å². The van der Waals surface area contributed by atoms with E-state index in [1.165, 1.54) is 37.8 Å². The van der Waals surface area contributed by atoms with Gasteiger partial charge in [0.2, 0.25) is 0 Å². The van der Waals surface area contributed by atoms with Crippen molar-refractivity contribution in [3.8, 4) is 0 Å². The predicted molar refractivity (Wildman–Crippen MR) is 114 cm³/mol. The molecule has 29 heavy (non-hydrogen) atoms. The Kier molecular flexibility index (Phi) is 7.44. The summed E-state index contributed by atoms with van der Waals surface area (Å²) in [6, 6.07) is 7.07. The van der Waals surface area contributed by atoms with Crippen molar-refractivity contribution in [2.45, 2.75) is 57.7 Å². The Labute approximate surface area is 172 Å². The fourth-order valence-corrected chi connectivity index (χ4v) is 3.89. The number of non-ortho nitro benzene ring substituents is 1. The molecule has 0 spiro atoms. The summed E-state index contributed by atoms with van der Waals surface area (Å²) in [5.41, 5.74) is 1.05. The number of morpholine rings is 1. The standard InChI is InChI=1S/C21H33N5O3/c1-21(2,25-11-13-29-14-12-25)16-23-20(24-18-5-3-4-6-18)22-15-17-7-9-19(10-8-17)26(27)28/h7-10,18H,3-6,11-16H2,1-2H3,(H2,22,23,24).